The molecule has 2 aromatic rings. The zero-order valence-corrected chi connectivity index (χ0v) is 13.0. The smallest absolute Gasteiger partial charge is 0.188 e. The molecule has 0 aliphatic carbocycles. The van der Waals surface area contributed by atoms with Crippen molar-refractivity contribution >= 4 is 5.78 Å². The largest absolute Gasteiger partial charge is 0.373 e. The minimum atomic E-state index is 0.0676. The predicted molar refractivity (Wildman–Crippen MR) is 85.9 cm³/mol. The summed E-state index contributed by atoms with van der Waals surface area (Å²) in [6.45, 7) is 6.73. The van der Waals surface area contributed by atoms with E-state index in [1.54, 1.807) is 0 Å². The number of ether oxygens (including phenoxy) is 1. The average Bonchev–Trinajstić information content (AvgIpc) is 2.43. The van der Waals surface area contributed by atoms with Crippen molar-refractivity contribution in [1.82, 2.24) is 0 Å². The number of hydrogen-bond acceptors (Lipinski definition) is 2. The van der Waals surface area contributed by atoms with Crippen molar-refractivity contribution in [3.63, 3.8) is 0 Å². The molecule has 2 nitrogen and oxygen atoms in total. The molecule has 0 amide bonds. The Hall–Kier alpha value is -1.93. The monoisotopic (exact) mass is 282 g/mol. The van der Waals surface area contributed by atoms with Crippen LogP contribution >= 0.6 is 0 Å². The van der Waals surface area contributed by atoms with Gasteiger partial charge in [0, 0.05) is 5.56 Å². The van der Waals surface area contributed by atoms with E-state index in [0.717, 1.165) is 23.1 Å². The standard InChI is InChI=1S/C19H22O2/c1-14-11-15(2)19(16(3)12-14)18(20)13-21-10-9-17-7-5-4-6-8-17/h4-8,11-12H,9-10,13H2,1-3H3. The molecule has 0 heterocycles. The molecule has 0 aliphatic rings. The molecule has 0 bridgehead atoms. The van der Waals surface area contributed by atoms with Gasteiger partial charge in [0.05, 0.1) is 6.61 Å². The summed E-state index contributed by atoms with van der Waals surface area (Å²) in [5, 5.41) is 0. The Balaban J connectivity index is 1.88. The maximum atomic E-state index is 12.3. The Morgan fingerprint density at radius 3 is 2.24 bits per heavy atom. The van der Waals surface area contributed by atoms with Crippen molar-refractivity contribution < 1.29 is 9.53 Å². The second-order valence-corrected chi connectivity index (χ2v) is 5.49. The lowest BCUT2D eigenvalue weighted by Crippen LogP contribution is -2.14. The van der Waals surface area contributed by atoms with E-state index in [2.05, 4.69) is 12.1 Å². The predicted octanol–water partition coefficient (Wildman–Crippen LogP) is 4.05. The van der Waals surface area contributed by atoms with Crippen LogP contribution in [0.25, 0.3) is 0 Å². The second-order valence-electron chi connectivity index (χ2n) is 5.49. The fourth-order valence-electron chi connectivity index (χ4n) is 2.69. The summed E-state index contributed by atoms with van der Waals surface area (Å²) in [5.74, 6) is 0.0676. The second kappa shape index (κ2) is 7.19. The quantitative estimate of drug-likeness (QED) is 0.590. The Morgan fingerprint density at radius 2 is 1.62 bits per heavy atom. The lowest BCUT2D eigenvalue weighted by molar-refractivity contribution is 0.0764. The zero-order chi connectivity index (χ0) is 15.2. The van der Waals surface area contributed by atoms with Crippen LogP contribution in [0.3, 0.4) is 0 Å². The third-order valence-corrected chi connectivity index (χ3v) is 3.57. The number of rotatable bonds is 6. The topological polar surface area (TPSA) is 26.3 Å². The van der Waals surface area contributed by atoms with Gasteiger partial charge in [-0.05, 0) is 43.9 Å². The molecule has 110 valence electrons. The first-order chi connectivity index (χ1) is 10.1. The van der Waals surface area contributed by atoms with E-state index in [-0.39, 0.29) is 12.4 Å². The number of carbonyl (C=O) groups is 1. The van der Waals surface area contributed by atoms with Crippen LogP contribution in [0, 0.1) is 20.8 Å². The van der Waals surface area contributed by atoms with Gasteiger partial charge in [0.1, 0.15) is 6.61 Å². The van der Waals surface area contributed by atoms with Gasteiger partial charge in [-0.25, -0.2) is 0 Å². The first kappa shape index (κ1) is 15.5. The van der Waals surface area contributed by atoms with Gasteiger partial charge in [0.2, 0.25) is 0 Å². The SMILES string of the molecule is Cc1cc(C)c(C(=O)COCCc2ccccc2)c(C)c1. The fraction of sp³-hybridized carbons (Fsp3) is 0.316. The molecule has 0 atom stereocenters. The molecule has 0 radical (unpaired) electrons. The van der Waals surface area contributed by atoms with Gasteiger partial charge in [-0.1, -0.05) is 48.0 Å². The lowest BCUT2D eigenvalue weighted by atomic mass is 9.97. The van der Waals surface area contributed by atoms with E-state index in [0.29, 0.717) is 6.61 Å². The molecule has 0 fully saturated rings. The maximum absolute atomic E-state index is 12.3. The molecule has 0 aromatic heterocycles. The molecule has 0 spiro atoms. The van der Waals surface area contributed by atoms with Crippen LogP contribution in [0.5, 0.6) is 0 Å². The number of benzene rings is 2. The highest BCUT2D eigenvalue weighted by atomic mass is 16.5. The first-order valence-electron chi connectivity index (χ1n) is 7.30. The summed E-state index contributed by atoms with van der Waals surface area (Å²) in [6.07, 6.45) is 0.833. The Bertz CT molecular complexity index is 592. The summed E-state index contributed by atoms with van der Waals surface area (Å²) in [5.41, 5.74) is 5.29. The Labute approximate surface area is 126 Å². The van der Waals surface area contributed by atoms with Gasteiger partial charge in [0.25, 0.3) is 0 Å². The highest BCUT2D eigenvalue weighted by molar-refractivity contribution is 5.99. The van der Waals surface area contributed by atoms with Gasteiger partial charge in [-0.3, -0.25) is 4.79 Å². The van der Waals surface area contributed by atoms with Crippen LogP contribution in [-0.4, -0.2) is 19.0 Å². The van der Waals surface area contributed by atoms with Gasteiger partial charge >= 0.3 is 0 Å². The highest BCUT2D eigenvalue weighted by Gasteiger charge is 2.12. The number of aryl methyl sites for hydroxylation is 3. The summed E-state index contributed by atoms with van der Waals surface area (Å²) >= 11 is 0. The number of hydrogen-bond donors (Lipinski definition) is 0. The van der Waals surface area contributed by atoms with Crippen molar-refractivity contribution in [2.75, 3.05) is 13.2 Å². The molecule has 2 aromatic carbocycles. The van der Waals surface area contributed by atoms with Crippen molar-refractivity contribution in [2.24, 2.45) is 0 Å². The zero-order valence-electron chi connectivity index (χ0n) is 13.0. The van der Waals surface area contributed by atoms with Gasteiger partial charge in [0.15, 0.2) is 5.78 Å². The minimum Gasteiger partial charge on any atom is -0.373 e. The summed E-state index contributed by atoms with van der Waals surface area (Å²) in [7, 11) is 0. The Kier molecular flexibility index (Phi) is 5.29. The van der Waals surface area contributed by atoms with Crippen molar-refractivity contribution in [1.29, 1.82) is 0 Å². The molecular formula is C19H22O2. The van der Waals surface area contributed by atoms with Crippen LogP contribution in [0.1, 0.15) is 32.6 Å². The Morgan fingerprint density at radius 1 is 1.00 bits per heavy atom. The summed E-state index contributed by atoms with van der Waals surface area (Å²) < 4.78 is 5.54. The molecular weight excluding hydrogens is 260 g/mol. The van der Waals surface area contributed by atoms with E-state index < -0.39 is 0 Å². The van der Waals surface area contributed by atoms with Crippen LogP contribution in [0.2, 0.25) is 0 Å². The van der Waals surface area contributed by atoms with Gasteiger partial charge in [-0.2, -0.15) is 0 Å². The number of carbonyl (C=O) groups excluding carboxylic acids is 1. The van der Waals surface area contributed by atoms with Gasteiger partial charge in [-0.15, -0.1) is 0 Å². The molecule has 0 saturated carbocycles. The number of Topliss-reactive ketones (excluding diaryl/α,β-unsaturated/α-hetero) is 1. The number of ketones is 1. The maximum Gasteiger partial charge on any atom is 0.188 e. The molecule has 2 rings (SSSR count). The molecule has 0 saturated heterocycles. The first-order valence-corrected chi connectivity index (χ1v) is 7.30. The van der Waals surface area contributed by atoms with Crippen LogP contribution in [-0.2, 0) is 11.2 Å². The molecule has 21 heavy (non-hydrogen) atoms. The summed E-state index contributed by atoms with van der Waals surface area (Å²) in [6, 6.07) is 14.3. The van der Waals surface area contributed by atoms with Crippen molar-refractivity contribution in [3.8, 4) is 0 Å². The fourth-order valence-corrected chi connectivity index (χ4v) is 2.69. The third-order valence-electron chi connectivity index (χ3n) is 3.57. The highest BCUT2D eigenvalue weighted by Crippen LogP contribution is 2.17. The normalized spacial score (nSPS) is 10.6. The van der Waals surface area contributed by atoms with E-state index in [4.69, 9.17) is 4.74 Å². The molecule has 0 N–H and O–H groups in total. The summed E-state index contributed by atoms with van der Waals surface area (Å²) in [4.78, 5) is 12.3. The van der Waals surface area contributed by atoms with E-state index >= 15 is 0 Å². The van der Waals surface area contributed by atoms with E-state index in [1.165, 1.54) is 11.1 Å². The van der Waals surface area contributed by atoms with Crippen LogP contribution in [0.15, 0.2) is 42.5 Å². The van der Waals surface area contributed by atoms with Crippen molar-refractivity contribution in [3.05, 3.63) is 70.3 Å². The van der Waals surface area contributed by atoms with E-state index in [1.807, 2.05) is 51.1 Å². The van der Waals surface area contributed by atoms with Crippen LogP contribution in [0.4, 0.5) is 0 Å². The van der Waals surface area contributed by atoms with Crippen LogP contribution < -0.4 is 0 Å². The lowest BCUT2D eigenvalue weighted by Gasteiger charge is -2.10. The molecule has 0 unspecified atom stereocenters. The third kappa shape index (κ3) is 4.27. The van der Waals surface area contributed by atoms with Gasteiger partial charge < -0.3 is 4.74 Å². The van der Waals surface area contributed by atoms with E-state index in [9.17, 15) is 4.79 Å². The average molecular weight is 282 g/mol. The van der Waals surface area contributed by atoms with Crippen molar-refractivity contribution in [2.45, 2.75) is 27.2 Å². The molecule has 2 heteroatoms. The molecule has 0 aliphatic heterocycles. The minimum absolute atomic E-state index is 0.0676.